The summed E-state index contributed by atoms with van der Waals surface area (Å²) in [5, 5.41) is 17.2. The Morgan fingerprint density at radius 1 is 1.23 bits per heavy atom. The fourth-order valence-corrected chi connectivity index (χ4v) is 3.73. The number of aromatic nitrogens is 4. The molecule has 3 aromatic rings. The van der Waals surface area contributed by atoms with Gasteiger partial charge in [0, 0.05) is 42.3 Å². The van der Waals surface area contributed by atoms with Gasteiger partial charge in [-0.2, -0.15) is 5.10 Å². The molecule has 6 heteroatoms. The highest BCUT2D eigenvalue weighted by Crippen LogP contribution is 2.34. The van der Waals surface area contributed by atoms with E-state index in [1.807, 2.05) is 23.0 Å². The number of H-pyrrole nitrogens is 1. The van der Waals surface area contributed by atoms with Gasteiger partial charge in [0.15, 0.2) is 11.6 Å². The van der Waals surface area contributed by atoms with Gasteiger partial charge in [-0.1, -0.05) is 31.5 Å². The molecular formula is C20H27N5O. The summed E-state index contributed by atoms with van der Waals surface area (Å²) in [6.45, 7) is 4.71. The third kappa shape index (κ3) is 3.04. The van der Waals surface area contributed by atoms with E-state index in [0.717, 1.165) is 54.8 Å². The van der Waals surface area contributed by atoms with E-state index in [2.05, 4.69) is 36.0 Å². The molecule has 6 nitrogen and oxygen atoms in total. The average molecular weight is 353 g/mol. The molecule has 2 aromatic heterocycles. The van der Waals surface area contributed by atoms with Crippen molar-refractivity contribution in [1.29, 1.82) is 0 Å². The predicted molar refractivity (Wildman–Crippen MR) is 103 cm³/mol. The highest BCUT2D eigenvalue weighted by Gasteiger charge is 2.38. The second-order valence-electron chi connectivity index (χ2n) is 7.42. The van der Waals surface area contributed by atoms with Gasteiger partial charge in [0.1, 0.15) is 5.60 Å². The van der Waals surface area contributed by atoms with Crippen LogP contribution in [0.5, 0.6) is 0 Å². The van der Waals surface area contributed by atoms with Gasteiger partial charge in [0.25, 0.3) is 0 Å². The zero-order valence-electron chi connectivity index (χ0n) is 15.6. The molecule has 0 atom stereocenters. The normalized spacial score (nSPS) is 17.8. The van der Waals surface area contributed by atoms with Crippen LogP contribution in [0.3, 0.4) is 0 Å². The number of unbranched alkanes of at least 4 members (excludes halogenated alkanes) is 1. The zero-order valence-corrected chi connectivity index (χ0v) is 15.6. The first kappa shape index (κ1) is 17.2. The fraction of sp³-hybridized carbons (Fsp3) is 0.500. The summed E-state index contributed by atoms with van der Waals surface area (Å²) in [5.41, 5.74) is 1.18. The van der Waals surface area contributed by atoms with Crippen molar-refractivity contribution in [3.05, 3.63) is 36.3 Å². The maximum Gasteiger partial charge on any atom is 0.183 e. The lowest BCUT2D eigenvalue weighted by Crippen LogP contribution is -2.42. The summed E-state index contributed by atoms with van der Waals surface area (Å²) < 4.78 is 1.94. The van der Waals surface area contributed by atoms with E-state index in [9.17, 15) is 5.11 Å². The van der Waals surface area contributed by atoms with Crippen molar-refractivity contribution in [3.63, 3.8) is 0 Å². The number of rotatable bonds is 5. The molecular weight excluding hydrogens is 326 g/mol. The van der Waals surface area contributed by atoms with E-state index in [1.54, 1.807) is 0 Å². The third-order valence-corrected chi connectivity index (χ3v) is 5.46. The Morgan fingerprint density at radius 3 is 2.77 bits per heavy atom. The minimum absolute atomic E-state index is 0.695. The molecule has 2 N–H and O–H groups in total. The molecule has 0 amide bonds. The lowest BCUT2D eigenvalue weighted by molar-refractivity contribution is -0.0311. The molecule has 1 fully saturated rings. The molecule has 1 aliphatic rings. The number of fused-ring (bicyclic) bond motifs is 1. The molecule has 0 radical (unpaired) electrons. The number of aryl methyl sites for hydroxylation is 1. The van der Waals surface area contributed by atoms with Crippen molar-refractivity contribution in [2.45, 2.75) is 44.8 Å². The summed E-state index contributed by atoms with van der Waals surface area (Å²) in [4.78, 5) is 10.4. The van der Waals surface area contributed by atoms with Crippen LogP contribution in [-0.2, 0) is 12.1 Å². The van der Waals surface area contributed by atoms with Gasteiger partial charge in [0.05, 0.1) is 0 Å². The van der Waals surface area contributed by atoms with Gasteiger partial charge in [-0.05, 0) is 32.4 Å². The van der Waals surface area contributed by atoms with Crippen molar-refractivity contribution >= 4 is 10.9 Å². The summed E-state index contributed by atoms with van der Waals surface area (Å²) in [5.74, 6) is 1.42. The van der Waals surface area contributed by atoms with Crippen LogP contribution in [0.4, 0.5) is 0 Å². The molecule has 4 rings (SSSR count). The van der Waals surface area contributed by atoms with E-state index in [1.165, 1.54) is 0 Å². The Bertz CT molecular complexity index is 889. The highest BCUT2D eigenvalue weighted by molar-refractivity contribution is 5.93. The molecule has 26 heavy (non-hydrogen) atoms. The number of benzene rings is 1. The molecule has 0 bridgehead atoms. The number of likely N-dealkylation sites (tertiary alicyclic amines) is 1. The average Bonchev–Trinajstić information content (AvgIpc) is 3.27. The zero-order chi connectivity index (χ0) is 18.1. The van der Waals surface area contributed by atoms with Gasteiger partial charge in [-0.15, -0.1) is 0 Å². The summed E-state index contributed by atoms with van der Waals surface area (Å²) in [6.07, 6.45) is 5.47. The Kier molecular flexibility index (Phi) is 4.54. The molecule has 1 aliphatic heterocycles. The lowest BCUT2D eigenvalue weighted by Gasteiger charge is -2.35. The summed E-state index contributed by atoms with van der Waals surface area (Å²) in [7, 11) is 2.10. The standard InChI is InChI=1S/C20H27N5O/c1-3-4-11-25-19(20(26)9-12-24(2)13-10-20)22-18(23-25)16-14-21-17-8-6-5-7-15(16)17/h5-8,14,21,26H,3-4,9-13H2,1-2H3. The number of hydrogen-bond acceptors (Lipinski definition) is 4. The maximum absolute atomic E-state index is 11.3. The number of hydrogen-bond donors (Lipinski definition) is 2. The molecule has 0 unspecified atom stereocenters. The lowest BCUT2D eigenvalue weighted by atomic mass is 9.90. The number of nitrogens with one attached hydrogen (secondary N) is 1. The van der Waals surface area contributed by atoms with Gasteiger partial charge in [-0.25, -0.2) is 9.67 Å². The van der Waals surface area contributed by atoms with Gasteiger partial charge in [-0.3, -0.25) is 0 Å². The van der Waals surface area contributed by atoms with E-state index in [-0.39, 0.29) is 0 Å². The molecule has 1 aromatic carbocycles. The minimum atomic E-state index is -0.891. The van der Waals surface area contributed by atoms with Crippen LogP contribution >= 0.6 is 0 Å². The minimum Gasteiger partial charge on any atom is -0.382 e. The molecule has 0 spiro atoms. The van der Waals surface area contributed by atoms with Crippen LogP contribution in [0.2, 0.25) is 0 Å². The topological polar surface area (TPSA) is 70.0 Å². The predicted octanol–water partition coefficient (Wildman–Crippen LogP) is 3.14. The van der Waals surface area contributed by atoms with E-state index in [0.29, 0.717) is 18.7 Å². The van der Waals surface area contributed by atoms with E-state index < -0.39 is 5.60 Å². The Balaban J connectivity index is 1.76. The summed E-state index contributed by atoms with van der Waals surface area (Å²) in [6, 6.07) is 8.18. The van der Waals surface area contributed by atoms with Gasteiger partial charge < -0.3 is 15.0 Å². The monoisotopic (exact) mass is 353 g/mol. The van der Waals surface area contributed by atoms with Crippen molar-refractivity contribution in [2.75, 3.05) is 20.1 Å². The fourth-order valence-electron chi connectivity index (χ4n) is 3.73. The van der Waals surface area contributed by atoms with Crippen LogP contribution in [0.15, 0.2) is 30.5 Å². The molecule has 0 aliphatic carbocycles. The number of nitrogens with zero attached hydrogens (tertiary/aromatic N) is 4. The summed E-state index contributed by atoms with van der Waals surface area (Å²) >= 11 is 0. The number of para-hydroxylation sites is 1. The second-order valence-corrected chi connectivity index (χ2v) is 7.42. The van der Waals surface area contributed by atoms with Gasteiger partial charge in [0.2, 0.25) is 0 Å². The van der Waals surface area contributed by atoms with E-state index >= 15 is 0 Å². The van der Waals surface area contributed by atoms with E-state index in [4.69, 9.17) is 10.1 Å². The Morgan fingerprint density at radius 2 is 2.00 bits per heavy atom. The maximum atomic E-state index is 11.3. The van der Waals surface area contributed by atoms with Crippen molar-refractivity contribution in [3.8, 4) is 11.4 Å². The number of piperidine rings is 1. The highest BCUT2D eigenvalue weighted by atomic mass is 16.3. The van der Waals surface area contributed by atoms with Crippen LogP contribution in [-0.4, -0.2) is 49.9 Å². The molecule has 138 valence electrons. The van der Waals surface area contributed by atoms with Crippen LogP contribution in [0.25, 0.3) is 22.3 Å². The van der Waals surface area contributed by atoms with Crippen LogP contribution in [0, 0.1) is 0 Å². The molecule has 1 saturated heterocycles. The van der Waals surface area contributed by atoms with Crippen LogP contribution < -0.4 is 0 Å². The molecule has 3 heterocycles. The van der Waals surface area contributed by atoms with Gasteiger partial charge >= 0.3 is 0 Å². The van der Waals surface area contributed by atoms with Crippen LogP contribution in [0.1, 0.15) is 38.4 Å². The smallest absolute Gasteiger partial charge is 0.183 e. The second kappa shape index (κ2) is 6.85. The SMILES string of the molecule is CCCCn1nc(-c2c[nH]c3ccccc23)nc1C1(O)CCN(C)CC1. The molecule has 0 saturated carbocycles. The van der Waals surface area contributed by atoms with Crippen molar-refractivity contribution in [1.82, 2.24) is 24.6 Å². The number of aromatic amines is 1. The van der Waals surface area contributed by atoms with Crippen molar-refractivity contribution in [2.24, 2.45) is 0 Å². The third-order valence-electron chi connectivity index (χ3n) is 5.46. The Hall–Kier alpha value is -2.18. The quantitative estimate of drug-likeness (QED) is 0.739. The number of aliphatic hydroxyl groups is 1. The largest absolute Gasteiger partial charge is 0.382 e. The first-order valence-electron chi connectivity index (χ1n) is 9.53. The van der Waals surface area contributed by atoms with Crippen molar-refractivity contribution < 1.29 is 5.11 Å². The first-order chi connectivity index (χ1) is 12.6. The first-order valence-corrected chi connectivity index (χ1v) is 9.53. The Labute approximate surface area is 153 Å².